The second kappa shape index (κ2) is 6.77. The van der Waals surface area contributed by atoms with Crippen LogP contribution >= 0.6 is 0 Å². The minimum absolute atomic E-state index is 0.151. The van der Waals surface area contributed by atoms with E-state index in [-0.39, 0.29) is 11.5 Å². The summed E-state index contributed by atoms with van der Waals surface area (Å²) in [5.41, 5.74) is 2.51. The van der Waals surface area contributed by atoms with E-state index in [1.807, 2.05) is 4.90 Å². The number of nitrogens with one attached hydrogen (secondary N) is 1. The Bertz CT molecular complexity index is 355. The van der Waals surface area contributed by atoms with Crippen molar-refractivity contribution in [2.45, 2.75) is 6.42 Å². The van der Waals surface area contributed by atoms with Crippen molar-refractivity contribution < 1.29 is 13.2 Å². The van der Waals surface area contributed by atoms with Crippen molar-refractivity contribution >= 4 is 15.8 Å². The minimum atomic E-state index is -2.91. The molecule has 0 amide bonds. The van der Waals surface area contributed by atoms with Crippen LogP contribution in [0.2, 0.25) is 0 Å². The number of hydrazine groups is 1. The fourth-order valence-electron chi connectivity index (χ4n) is 1.63. The molecule has 1 fully saturated rings. The highest BCUT2D eigenvalue weighted by Crippen LogP contribution is 2.05. The van der Waals surface area contributed by atoms with E-state index in [2.05, 4.69) is 10.4 Å². The third-order valence-corrected chi connectivity index (χ3v) is 4.26. The van der Waals surface area contributed by atoms with Gasteiger partial charge in [-0.25, -0.2) is 19.3 Å². The number of aliphatic imine (C=N–C) groups is 1. The molecule has 0 bridgehead atoms. The Labute approximate surface area is 102 Å². The molecule has 1 aliphatic heterocycles. The van der Waals surface area contributed by atoms with Crippen LogP contribution in [0.1, 0.15) is 6.42 Å². The van der Waals surface area contributed by atoms with Crippen LogP contribution in [0.25, 0.3) is 0 Å². The zero-order chi connectivity index (χ0) is 12.7. The minimum Gasteiger partial charge on any atom is -0.383 e. The number of methoxy groups -OCH3 is 1. The zero-order valence-electron chi connectivity index (χ0n) is 10.1. The molecule has 0 saturated carbocycles. The summed E-state index contributed by atoms with van der Waals surface area (Å²) < 4.78 is 27.8. The van der Waals surface area contributed by atoms with Crippen molar-refractivity contribution in [1.29, 1.82) is 0 Å². The van der Waals surface area contributed by atoms with Gasteiger partial charge in [-0.1, -0.05) is 0 Å². The molecule has 0 aliphatic carbocycles. The normalized spacial score (nSPS) is 21.1. The van der Waals surface area contributed by atoms with Gasteiger partial charge >= 0.3 is 0 Å². The van der Waals surface area contributed by atoms with E-state index in [0.717, 1.165) is 0 Å². The highest BCUT2D eigenvalue weighted by Gasteiger charge is 2.20. The predicted molar refractivity (Wildman–Crippen MR) is 66.3 cm³/mol. The smallest absolute Gasteiger partial charge is 0.208 e. The van der Waals surface area contributed by atoms with Crippen molar-refractivity contribution in [2.75, 3.05) is 44.9 Å². The summed E-state index contributed by atoms with van der Waals surface area (Å²) in [5.74, 6) is 6.31. The van der Waals surface area contributed by atoms with Gasteiger partial charge in [0.1, 0.15) is 0 Å². The lowest BCUT2D eigenvalue weighted by molar-refractivity contribution is 0.207. The summed E-state index contributed by atoms with van der Waals surface area (Å²) in [6, 6.07) is 0. The molecule has 1 rings (SSSR count). The second-order valence-electron chi connectivity index (χ2n) is 3.83. The topological polar surface area (TPSA) is 97.0 Å². The third kappa shape index (κ3) is 4.88. The Balaban J connectivity index is 2.60. The average Bonchev–Trinajstić information content (AvgIpc) is 2.46. The number of hydrogen-bond donors (Lipinski definition) is 2. The van der Waals surface area contributed by atoms with Crippen LogP contribution in [0.5, 0.6) is 0 Å². The lowest BCUT2D eigenvalue weighted by Gasteiger charge is -2.22. The van der Waals surface area contributed by atoms with Gasteiger partial charge < -0.3 is 9.64 Å². The molecule has 7 nitrogen and oxygen atoms in total. The summed E-state index contributed by atoms with van der Waals surface area (Å²) in [6.45, 7) is 2.09. The summed E-state index contributed by atoms with van der Waals surface area (Å²) in [4.78, 5) is 6.09. The number of guanidine groups is 1. The van der Waals surface area contributed by atoms with Gasteiger partial charge in [-0.15, -0.1) is 0 Å². The number of nitrogens with zero attached hydrogens (tertiary/aromatic N) is 2. The molecule has 0 unspecified atom stereocenters. The first kappa shape index (κ1) is 14.2. The van der Waals surface area contributed by atoms with Gasteiger partial charge in [-0.3, -0.25) is 5.43 Å². The number of hydrogen-bond acceptors (Lipinski definition) is 5. The summed E-state index contributed by atoms with van der Waals surface area (Å²) >= 11 is 0. The fourth-order valence-corrected chi connectivity index (χ4v) is 2.90. The van der Waals surface area contributed by atoms with Gasteiger partial charge in [-0.05, 0) is 6.42 Å². The molecule has 1 aliphatic rings. The molecule has 0 aromatic heterocycles. The molecule has 1 heterocycles. The molecule has 8 heteroatoms. The molecular weight excluding hydrogens is 244 g/mol. The average molecular weight is 264 g/mol. The highest BCUT2D eigenvalue weighted by molar-refractivity contribution is 7.91. The second-order valence-corrected chi connectivity index (χ2v) is 6.14. The quantitative estimate of drug-likeness (QED) is 0.213. The Hall–Kier alpha value is -0.860. The van der Waals surface area contributed by atoms with Gasteiger partial charge in [0.2, 0.25) is 5.96 Å². The SMILES string of the molecule is COCCN=C(NN)N1CCCS(=O)(=O)CC1. The van der Waals surface area contributed by atoms with E-state index in [1.54, 1.807) is 7.11 Å². The molecule has 0 aromatic rings. The summed E-state index contributed by atoms with van der Waals surface area (Å²) in [6.07, 6.45) is 0.604. The first-order chi connectivity index (χ1) is 8.09. The maximum absolute atomic E-state index is 11.4. The monoisotopic (exact) mass is 264 g/mol. The van der Waals surface area contributed by atoms with E-state index < -0.39 is 9.84 Å². The highest BCUT2D eigenvalue weighted by atomic mass is 32.2. The number of rotatable bonds is 3. The third-order valence-electron chi connectivity index (χ3n) is 2.54. The fraction of sp³-hybridized carbons (Fsp3) is 0.889. The molecule has 0 spiro atoms. The van der Waals surface area contributed by atoms with Gasteiger partial charge in [-0.2, -0.15) is 0 Å². The zero-order valence-corrected chi connectivity index (χ0v) is 10.9. The molecular formula is C9H20N4O3S. The molecule has 100 valence electrons. The summed E-state index contributed by atoms with van der Waals surface area (Å²) in [5, 5.41) is 0. The Morgan fingerprint density at radius 2 is 2.24 bits per heavy atom. The van der Waals surface area contributed by atoms with Gasteiger partial charge in [0.25, 0.3) is 0 Å². The molecule has 1 saturated heterocycles. The van der Waals surface area contributed by atoms with Crippen LogP contribution in [0.3, 0.4) is 0 Å². The molecule has 0 radical (unpaired) electrons. The van der Waals surface area contributed by atoms with E-state index in [4.69, 9.17) is 10.6 Å². The Morgan fingerprint density at radius 3 is 2.88 bits per heavy atom. The first-order valence-electron chi connectivity index (χ1n) is 5.54. The molecule has 3 N–H and O–H groups in total. The summed E-state index contributed by atoms with van der Waals surface area (Å²) in [7, 11) is -1.31. The van der Waals surface area contributed by atoms with Crippen LogP contribution in [-0.4, -0.2) is 64.1 Å². The van der Waals surface area contributed by atoms with Gasteiger partial charge in [0, 0.05) is 20.2 Å². The van der Waals surface area contributed by atoms with Crippen LogP contribution in [0.4, 0.5) is 0 Å². The van der Waals surface area contributed by atoms with Crippen molar-refractivity contribution in [3.63, 3.8) is 0 Å². The van der Waals surface area contributed by atoms with Crippen molar-refractivity contribution in [3.8, 4) is 0 Å². The van der Waals surface area contributed by atoms with Crippen molar-refractivity contribution in [2.24, 2.45) is 10.8 Å². The Kier molecular flexibility index (Phi) is 5.66. The maximum Gasteiger partial charge on any atom is 0.208 e. The lowest BCUT2D eigenvalue weighted by atomic mass is 10.4. The van der Waals surface area contributed by atoms with E-state index in [0.29, 0.717) is 38.6 Å². The predicted octanol–water partition coefficient (Wildman–Crippen LogP) is -1.43. The largest absolute Gasteiger partial charge is 0.383 e. The standard InChI is InChI=1S/C9H20N4O3S/c1-16-6-3-11-9(12-10)13-4-2-7-17(14,15)8-5-13/h2-8,10H2,1H3,(H,11,12). The Morgan fingerprint density at radius 1 is 1.47 bits per heavy atom. The number of sulfone groups is 1. The van der Waals surface area contributed by atoms with E-state index >= 15 is 0 Å². The van der Waals surface area contributed by atoms with Crippen LogP contribution in [0.15, 0.2) is 4.99 Å². The molecule has 0 atom stereocenters. The maximum atomic E-state index is 11.4. The van der Waals surface area contributed by atoms with Crippen LogP contribution in [-0.2, 0) is 14.6 Å². The lowest BCUT2D eigenvalue weighted by Crippen LogP contribution is -2.46. The van der Waals surface area contributed by atoms with Gasteiger partial charge in [0.05, 0.1) is 24.7 Å². The first-order valence-corrected chi connectivity index (χ1v) is 7.36. The number of nitrogens with two attached hydrogens (primary N) is 1. The number of ether oxygens (including phenoxy) is 1. The van der Waals surface area contributed by atoms with Gasteiger partial charge in [0.15, 0.2) is 9.84 Å². The van der Waals surface area contributed by atoms with Crippen molar-refractivity contribution in [3.05, 3.63) is 0 Å². The van der Waals surface area contributed by atoms with E-state index in [1.165, 1.54) is 0 Å². The van der Waals surface area contributed by atoms with Crippen LogP contribution in [0, 0.1) is 0 Å². The van der Waals surface area contributed by atoms with E-state index in [9.17, 15) is 8.42 Å². The molecule has 0 aromatic carbocycles. The molecule has 17 heavy (non-hydrogen) atoms. The van der Waals surface area contributed by atoms with Crippen molar-refractivity contribution in [1.82, 2.24) is 10.3 Å². The van der Waals surface area contributed by atoms with Crippen LogP contribution < -0.4 is 11.3 Å².